The molecule has 0 N–H and O–H groups in total. The number of nitrogens with zero attached hydrogens (tertiary/aromatic N) is 4. The standard InChI is InChI=1S/C10H10N4O/c1-7-5-11-10(12-6-7)9(15)8-3-4-13-14(8)2/h3-6H,1-2H3. The number of hydrogen-bond acceptors (Lipinski definition) is 4. The van der Waals surface area contributed by atoms with Crippen molar-refractivity contribution >= 4 is 5.78 Å². The van der Waals surface area contributed by atoms with E-state index in [0.717, 1.165) is 5.56 Å². The van der Waals surface area contributed by atoms with Crippen LogP contribution in [0.1, 0.15) is 21.9 Å². The molecule has 0 aliphatic heterocycles. The summed E-state index contributed by atoms with van der Waals surface area (Å²) in [6.45, 7) is 1.87. The number of ketones is 1. The molecule has 0 atom stereocenters. The molecule has 0 unspecified atom stereocenters. The molecule has 2 aromatic rings. The van der Waals surface area contributed by atoms with Crippen LogP contribution in [-0.4, -0.2) is 25.5 Å². The van der Waals surface area contributed by atoms with E-state index in [1.54, 1.807) is 31.7 Å². The molecule has 0 saturated heterocycles. The highest BCUT2D eigenvalue weighted by Gasteiger charge is 2.14. The lowest BCUT2D eigenvalue weighted by Gasteiger charge is -1.99. The Bertz CT molecular complexity index is 486. The van der Waals surface area contributed by atoms with E-state index in [9.17, 15) is 4.79 Å². The van der Waals surface area contributed by atoms with Crippen molar-refractivity contribution in [3.05, 3.63) is 41.7 Å². The summed E-state index contributed by atoms with van der Waals surface area (Å²) in [7, 11) is 1.71. The van der Waals surface area contributed by atoms with Gasteiger partial charge in [0.15, 0.2) is 0 Å². The lowest BCUT2D eigenvalue weighted by molar-refractivity contribution is 0.102. The smallest absolute Gasteiger partial charge is 0.248 e. The zero-order valence-corrected chi connectivity index (χ0v) is 8.51. The minimum atomic E-state index is -0.213. The largest absolute Gasteiger partial charge is 0.283 e. The average molecular weight is 202 g/mol. The third kappa shape index (κ3) is 1.76. The highest BCUT2D eigenvalue weighted by molar-refractivity contribution is 6.05. The molecule has 0 spiro atoms. The van der Waals surface area contributed by atoms with Gasteiger partial charge in [-0.2, -0.15) is 5.10 Å². The van der Waals surface area contributed by atoms with E-state index in [1.807, 2.05) is 6.92 Å². The summed E-state index contributed by atoms with van der Waals surface area (Å²) in [4.78, 5) is 19.8. The fourth-order valence-corrected chi connectivity index (χ4v) is 1.22. The fourth-order valence-electron chi connectivity index (χ4n) is 1.22. The summed E-state index contributed by atoms with van der Waals surface area (Å²) in [6.07, 6.45) is 4.81. The van der Waals surface area contributed by atoms with Crippen LogP contribution in [0.2, 0.25) is 0 Å². The molecule has 76 valence electrons. The van der Waals surface area contributed by atoms with E-state index in [2.05, 4.69) is 15.1 Å². The lowest BCUT2D eigenvalue weighted by atomic mass is 10.2. The van der Waals surface area contributed by atoms with Crippen molar-refractivity contribution in [1.29, 1.82) is 0 Å². The first-order valence-electron chi connectivity index (χ1n) is 4.50. The van der Waals surface area contributed by atoms with E-state index >= 15 is 0 Å². The van der Waals surface area contributed by atoms with Gasteiger partial charge in [0.05, 0.1) is 0 Å². The van der Waals surface area contributed by atoms with Gasteiger partial charge in [0.25, 0.3) is 0 Å². The van der Waals surface area contributed by atoms with Crippen LogP contribution in [0.4, 0.5) is 0 Å². The number of carbonyl (C=O) groups is 1. The average Bonchev–Trinajstić information content (AvgIpc) is 2.65. The molecule has 2 heterocycles. The summed E-state index contributed by atoms with van der Waals surface area (Å²) in [5, 5.41) is 3.92. The highest BCUT2D eigenvalue weighted by atomic mass is 16.1. The Morgan fingerprint density at radius 1 is 1.33 bits per heavy atom. The summed E-state index contributed by atoms with van der Waals surface area (Å²) < 4.78 is 1.51. The Morgan fingerprint density at radius 2 is 2.00 bits per heavy atom. The van der Waals surface area contributed by atoms with Gasteiger partial charge in [-0.15, -0.1) is 0 Å². The summed E-state index contributed by atoms with van der Waals surface area (Å²) in [6, 6.07) is 1.64. The van der Waals surface area contributed by atoms with Crippen molar-refractivity contribution in [2.24, 2.45) is 7.05 Å². The topological polar surface area (TPSA) is 60.7 Å². The first kappa shape index (κ1) is 9.51. The van der Waals surface area contributed by atoms with Gasteiger partial charge in [-0.1, -0.05) is 0 Å². The van der Waals surface area contributed by atoms with Crippen LogP contribution in [-0.2, 0) is 7.05 Å². The van der Waals surface area contributed by atoms with Crippen LogP contribution >= 0.6 is 0 Å². The molecule has 0 bridgehead atoms. The maximum Gasteiger partial charge on any atom is 0.248 e. The maximum atomic E-state index is 11.9. The summed E-state index contributed by atoms with van der Waals surface area (Å²) in [5.74, 6) is -0.0146. The Hall–Kier alpha value is -2.04. The zero-order chi connectivity index (χ0) is 10.8. The van der Waals surface area contributed by atoms with Gasteiger partial charge in [0, 0.05) is 25.6 Å². The number of aromatic nitrogens is 4. The number of hydrogen-bond donors (Lipinski definition) is 0. The molecule has 2 rings (SSSR count). The monoisotopic (exact) mass is 202 g/mol. The predicted octanol–water partition coefficient (Wildman–Crippen LogP) is 0.750. The molecule has 0 radical (unpaired) electrons. The zero-order valence-electron chi connectivity index (χ0n) is 8.51. The van der Waals surface area contributed by atoms with Crippen LogP contribution in [0.25, 0.3) is 0 Å². The molecule has 0 fully saturated rings. The van der Waals surface area contributed by atoms with E-state index in [4.69, 9.17) is 0 Å². The molecular formula is C10H10N4O. The second-order valence-electron chi connectivity index (χ2n) is 3.25. The Balaban J connectivity index is 2.37. The Morgan fingerprint density at radius 3 is 2.53 bits per heavy atom. The van der Waals surface area contributed by atoms with Crippen molar-refractivity contribution in [2.45, 2.75) is 6.92 Å². The maximum absolute atomic E-state index is 11.9. The van der Waals surface area contributed by atoms with Crippen LogP contribution in [0.5, 0.6) is 0 Å². The minimum Gasteiger partial charge on any atom is -0.283 e. The van der Waals surface area contributed by atoms with E-state index in [-0.39, 0.29) is 11.6 Å². The molecule has 5 nitrogen and oxygen atoms in total. The first-order valence-corrected chi connectivity index (χ1v) is 4.50. The molecule has 0 aliphatic rings. The fraction of sp³-hybridized carbons (Fsp3) is 0.200. The molecular weight excluding hydrogens is 192 g/mol. The van der Waals surface area contributed by atoms with E-state index < -0.39 is 0 Å². The van der Waals surface area contributed by atoms with Gasteiger partial charge < -0.3 is 0 Å². The third-order valence-corrected chi connectivity index (χ3v) is 2.04. The highest BCUT2D eigenvalue weighted by Crippen LogP contribution is 2.04. The SMILES string of the molecule is Cc1cnc(C(=O)c2ccnn2C)nc1. The molecule has 5 heteroatoms. The van der Waals surface area contributed by atoms with Gasteiger partial charge in [0.1, 0.15) is 5.69 Å². The predicted molar refractivity (Wildman–Crippen MR) is 53.4 cm³/mol. The van der Waals surface area contributed by atoms with Crippen molar-refractivity contribution in [2.75, 3.05) is 0 Å². The molecule has 15 heavy (non-hydrogen) atoms. The van der Waals surface area contributed by atoms with Gasteiger partial charge in [-0.25, -0.2) is 9.97 Å². The number of rotatable bonds is 2. The second kappa shape index (κ2) is 3.61. The molecule has 0 aromatic carbocycles. The van der Waals surface area contributed by atoms with Crippen molar-refractivity contribution in [3.8, 4) is 0 Å². The summed E-state index contributed by atoms with van der Waals surface area (Å²) in [5.41, 5.74) is 1.41. The normalized spacial score (nSPS) is 10.3. The Kier molecular flexibility index (Phi) is 2.29. The third-order valence-electron chi connectivity index (χ3n) is 2.04. The van der Waals surface area contributed by atoms with Crippen molar-refractivity contribution in [3.63, 3.8) is 0 Å². The minimum absolute atomic E-state index is 0.198. The molecule has 0 amide bonds. The first-order chi connectivity index (χ1) is 7.18. The Labute approximate surface area is 86.8 Å². The van der Waals surface area contributed by atoms with Crippen LogP contribution < -0.4 is 0 Å². The second-order valence-corrected chi connectivity index (χ2v) is 3.25. The summed E-state index contributed by atoms with van der Waals surface area (Å²) >= 11 is 0. The van der Waals surface area contributed by atoms with Gasteiger partial charge in [-0.3, -0.25) is 9.48 Å². The van der Waals surface area contributed by atoms with Crippen LogP contribution in [0.3, 0.4) is 0 Å². The van der Waals surface area contributed by atoms with Crippen LogP contribution in [0, 0.1) is 6.92 Å². The van der Waals surface area contributed by atoms with Gasteiger partial charge in [0.2, 0.25) is 11.6 Å². The van der Waals surface area contributed by atoms with Crippen molar-refractivity contribution in [1.82, 2.24) is 19.7 Å². The number of carbonyl (C=O) groups excluding carboxylic acids is 1. The van der Waals surface area contributed by atoms with Gasteiger partial charge >= 0.3 is 0 Å². The lowest BCUT2D eigenvalue weighted by Crippen LogP contribution is -2.11. The van der Waals surface area contributed by atoms with E-state index in [0.29, 0.717) is 5.69 Å². The quantitative estimate of drug-likeness (QED) is 0.674. The molecule has 0 aliphatic carbocycles. The van der Waals surface area contributed by atoms with Crippen LogP contribution in [0.15, 0.2) is 24.7 Å². The van der Waals surface area contributed by atoms with Gasteiger partial charge in [-0.05, 0) is 18.6 Å². The van der Waals surface area contributed by atoms with Crippen molar-refractivity contribution < 1.29 is 4.79 Å². The van der Waals surface area contributed by atoms with E-state index in [1.165, 1.54) is 4.68 Å². The number of aryl methyl sites for hydroxylation is 2. The molecule has 2 aromatic heterocycles. The molecule has 0 saturated carbocycles.